The van der Waals surface area contributed by atoms with Gasteiger partial charge in [-0.1, -0.05) is 18.2 Å². The fourth-order valence-electron chi connectivity index (χ4n) is 2.25. The maximum atomic E-state index is 12.3. The summed E-state index contributed by atoms with van der Waals surface area (Å²) in [6, 6.07) is 15.6. The first kappa shape index (κ1) is 14.5. The number of hydrogen-bond donors (Lipinski definition) is 1. The van der Waals surface area contributed by atoms with Crippen molar-refractivity contribution in [2.45, 2.75) is 13.0 Å². The van der Waals surface area contributed by atoms with Crippen molar-refractivity contribution in [2.24, 2.45) is 0 Å². The van der Waals surface area contributed by atoms with Gasteiger partial charge in [0.1, 0.15) is 0 Å². The van der Waals surface area contributed by atoms with Crippen molar-refractivity contribution >= 4 is 17.2 Å². The molecule has 1 aromatic carbocycles. The molecule has 22 heavy (non-hydrogen) atoms. The van der Waals surface area contributed by atoms with Gasteiger partial charge in [-0.15, -0.1) is 11.3 Å². The van der Waals surface area contributed by atoms with Crippen molar-refractivity contribution in [3.8, 4) is 11.1 Å². The summed E-state index contributed by atoms with van der Waals surface area (Å²) >= 11 is 1.65. The van der Waals surface area contributed by atoms with E-state index >= 15 is 0 Å². The number of benzene rings is 1. The highest BCUT2D eigenvalue weighted by molar-refractivity contribution is 7.10. The molecule has 1 atom stereocenters. The van der Waals surface area contributed by atoms with Gasteiger partial charge in [-0.25, -0.2) is 0 Å². The molecule has 0 aliphatic heterocycles. The van der Waals surface area contributed by atoms with Gasteiger partial charge in [-0.05, 0) is 53.8 Å². The third-order valence-corrected chi connectivity index (χ3v) is 4.53. The van der Waals surface area contributed by atoms with Crippen molar-refractivity contribution < 1.29 is 4.79 Å². The fraction of sp³-hybridized carbons (Fsp3) is 0.111. The second kappa shape index (κ2) is 6.54. The van der Waals surface area contributed by atoms with Crippen molar-refractivity contribution in [1.29, 1.82) is 0 Å². The Morgan fingerprint density at radius 2 is 1.73 bits per heavy atom. The van der Waals surface area contributed by atoms with E-state index in [2.05, 4.69) is 10.3 Å². The van der Waals surface area contributed by atoms with Crippen LogP contribution in [0.1, 0.15) is 28.2 Å². The zero-order chi connectivity index (χ0) is 15.4. The number of thiophene rings is 1. The number of rotatable bonds is 4. The molecule has 0 fully saturated rings. The van der Waals surface area contributed by atoms with E-state index in [9.17, 15) is 4.79 Å². The molecule has 3 rings (SSSR count). The first-order chi connectivity index (χ1) is 10.7. The molecular formula is C18H16N2OS. The number of carbonyl (C=O) groups is 1. The first-order valence-corrected chi connectivity index (χ1v) is 7.97. The van der Waals surface area contributed by atoms with Gasteiger partial charge in [0, 0.05) is 22.8 Å². The fourth-order valence-corrected chi connectivity index (χ4v) is 2.98. The average molecular weight is 308 g/mol. The molecule has 0 saturated heterocycles. The largest absolute Gasteiger partial charge is 0.345 e. The van der Waals surface area contributed by atoms with Crippen LogP contribution in [-0.2, 0) is 0 Å². The van der Waals surface area contributed by atoms with Gasteiger partial charge < -0.3 is 5.32 Å². The van der Waals surface area contributed by atoms with Gasteiger partial charge in [-0.2, -0.15) is 0 Å². The summed E-state index contributed by atoms with van der Waals surface area (Å²) in [6.45, 7) is 2.00. The number of hydrogen-bond acceptors (Lipinski definition) is 3. The minimum absolute atomic E-state index is 0.0207. The molecule has 0 bridgehead atoms. The van der Waals surface area contributed by atoms with E-state index in [-0.39, 0.29) is 11.9 Å². The van der Waals surface area contributed by atoms with Gasteiger partial charge >= 0.3 is 0 Å². The Labute approximate surface area is 133 Å². The molecule has 0 spiro atoms. The number of nitrogens with zero attached hydrogens (tertiary/aromatic N) is 1. The molecule has 0 radical (unpaired) electrons. The molecule has 1 N–H and O–H groups in total. The Balaban J connectivity index is 1.71. The molecule has 0 aliphatic rings. The number of carbonyl (C=O) groups excluding carboxylic acids is 1. The summed E-state index contributed by atoms with van der Waals surface area (Å²) in [6.07, 6.45) is 3.53. The van der Waals surface area contributed by atoms with Gasteiger partial charge in [0.2, 0.25) is 0 Å². The van der Waals surface area contributed by atoms with E-state index in [1.807, 2.05) is 60.8 Å². The lowest BCUT2D eigenvalue weighted by Crippen LogP contribution is -2.25. The topological polar surface area (TPSA) is 42.0 Å². The summed E-state index contributed by atoms with van der Waals surface area (Å²) in [5, 5.41) is 5.03. The first-order valence-electron chi connectivity index (χ1n) is 7.09. The van der Waals surface area contributed by atoms with Crippen molar-refractivity contribution in [3.63, 3.8) is 0 Å². The number of aromatic nitrogens is 1. The lowest BCUT2D eigenvalue weighted by atomic mass is 10.0. The quantitative estimate of drug-likeness (QED) is 0.780. The molecule has 4 heteroatoms. The summed E-state index contributed by atoms with van der Waals surface area (Å²) in [5.74, 6) is -0.0535. The molecule has 3 nitrogen and oxygen atoms in total. The molecule has 2 heterocycles. The average Bonchev–Trinajstić information content (AvgIpc) is 3.10. The maximum Gasteiger partial charge on any atom is 0.251 e. The monoisotopic (exact) mass is 308 g/mol. The third kappa shape index (κ3) is 3.23. The van der Waals surface area contributed by atoms with Crippen molar-refractivity contribution in [2.75, 3.05) is 0 Å². The summed E-state index contributed by atoms with van der Waals surface area (Å²) in [7, 11) is 0. The van der Waals surface area contributed by atoms with E-state index < -0.39 is 0 Å². The Bertz CT molecular complexity index is 737. The Morgan fingerprint density at radius 3 is 2.36 bits per heavy atom. The SMILES string of the molecule is CC(NC(=O)c1ccc(-c2ccncc2)cc1)c1cccs1. The van der Waals surface area contributed by atoms with E-state index in [0.717, 1.165) is 16.0 Å². The zero-order valence-electron chi connectivity index (χ0n) is 12.2. The molecule has 3 aromatic rings. The predicted octanol–water partition coefficient (Wildman–Crippen LogP) is 4.30. The predicted molar refractivity (Wildman–Crippen MR) is 89.9 cm³/mol. The van der Waals surface area contributed by atoms with Gasteiger partial charge in [0.05, 0.1) is 6.04 Å². The highest BCUT2D eigenvalue weighted by Crippen LogP contribution is 2.20. The lowest BCUT2D eigenvalue weighted by molar-refractivity contribution is 0.0940. The van der Waals surface area contributed by atoms with Gasteiger partial charge in [-0.3, -0.25) is 9.78 Å². The van der Waals surface area contributed by atoms with Crippen LogP contribution in [0.4, 0.5) is 0 Å². The van der Waals surface area contributed by atoms with Gasteiger partial charge in [0.25, 0.3) is 5.91 Å². The Morgan fingerprint density at radius 1 is 1.05 bits per heavy atom. The zero-order valence-corrected chi connectivity index (χ0v) is 13.0. The molecule has 1 amide bonds. The van der Waals surface area contributed by atoms with Crippen LogP contribution in [0, 0.1) is 0 Å². The smallest absolute Gasteiger partial charge is 0.251 e. The molecule has 2 aromatic heterocycles. The van der Waals surface area contributed by atoms with Crippen LogP contribution < -0.4 is 5.32 Å². The van der Waals surface area contributed by atoms with Gasteiger partial charge in [0.15, 0.2) is 0 Å². The normalized spacial score (nSPS) is 11.9. The minimum atomic E-state index is -0.0535. The minimum Gasteiger partial charge on any atom is -0.345 e. The van der Waals surface area contributed by atoms with Crippen LogP contribution in [-0.4, -0.2) is 10.9 Å². The van der Waals surface area contributed by atoms with Crippen LogP contribution in [0.15, 0.2) is 66.3 Å². The lowest BCUT2D eigenvalue weighted by Gasteiger charge is -2.12. The van der Waals surface area contributed by atoms with Crippen molar-refractivity contribution in [1.82, 2.24) is 10.3 Å². The van der Waals surface area contributed by atoms with Crippen LogP contribution in [0.5, 0.6) is 0 Å². The van der Waals surface area contributed by atoms with E-state index in [4.69, 9.17) is 0 Å². The van der Waals surface area contributed by atoms with Crippen LogP contribution in [0.2, 0.25) is 0 Å². The molecule has 1 unspecified atom stereocenters. The summed E-state index contributed by atoms with van der Waals surface area (Å²) in [5.41, 5.74) is 2.83. The second-order valence-electron chi connectivity index (χ2n) is 5.02. The van der Waals surface area contributed by atoms with E-state index in [1.165, 1.54) is 0 Å². The van der Waals surface area contributed by atoms with E-state index in [1.54, 1.807) is 23.7 Å². The molecule has 0 aliphatic carbocycles. The second-order valence-corrected chi connectivity index (χ2v) is 6.00. The molecule has 0 saturated carbocycles. The number of amides is 1. The number of pyridine rings is 1. The Hall–Kier alpha value is -2.46. The van der Waals surface area contributed by atoms with E-state index in [0.29, 0.717) is 5.56 Å². The summed E-state index contributed by atoms with van der Waals surface area (Å²) < 4.78 is 0. The maximum absolute atomic E-state index is 12.3. The van der Waals surface area contributed by atoms with Crippen LogP contribution in [0.25, 0.3) is 11.1 Å². The van der Waals surface area contributed by atoms with Crippen LogP contribution >= 0.6 is 11.3 Å². The highest BCUT2D eigenvalue weighted by Gasteiger charge is 2.12. The third-order valence-electron chi connectivity index (χ3n) is 3.48. The summed E-state index contributed by atoms with van der Waals surface area (Å²) in [4.78, 5) is 17.4. The van der Waals surface area contributed by atoms with Crippen LogP contribution in [0.3, 0.4) is 0 Å². The van der Waals surface area contributed by atoms with Crippen molar-refractivity contribution in [3.05, 3.63) is 76.7 Å². The number of nitrogens with one attached hydrogen (secondary N) is 1. The standard InChI is InChI=1S/C18H16N2OS/c1-13(17-3-2-12-22-17)20-18(21)16-6-4-14(5-7-16)15-8-10-19-11-9-15/h2-13H,1H3,(H,20,21). The molecule has 110 valence electrons. The Kier molecular flexibility index (Phi) is 4.30. The highest BCUT2D eigenvalue weighted by atomic mass is 32.1. The molecular weight excluding hydrogens is 292 g/mol.